The number of aliphatic hydroxyl groups is 1. The third kappa shape index (κ3) is 7.99. The number of nitrogens with zero attached hydrogens (tertiary/aromatic N) is 2. The van der Waals surface area contributed by atoms with Crippen LogP contribution in [0.2, 0.25) is 0 Å². The van der Waals surface area contributed by atoms with Crippen molar-refractivity contribution >= 4 is 17.5 Å². The molecule has 2 N–H and O–H groups in total. The number of amides is 1. The zero-order valence-electron chi connectivity index (χ0n) is 24.2. The van der Waals surface area contributed by atoms with E-state index in [9.17, 15) is 14.7 Å². The minimum atomic E-state index is -1.01. The fourth-order valence-corrected chi connectivity index (χ4v) is 5.60. The molecule has 3 rings (SSSR count). The number of carbonyl (C=O) groups is 2. The molecule has 1 aliphatic heterocycles. The molecule has 8 nitrogen and oxygen atoms in total. The van der Waals surface area contributed by atoms with Crippen molar-refractivity contribution in [1.82, 2.24) is 10.3 Å². The molecule has 0 bridgehead atoms. The molecule has 1 aromatic rings. The third-order valence-corrected chi connectivity index (χ3v) is 7.80. The quantitative estimate of drug-likeness (QED) is 0.347. The van der Waals surface area contributed by atoms with Crippen molar-refractivity contribution in [3.8, 4) is 5.75 Å². The van der Waals surface area contributed by atoms with Gasteiger partial charge in [-0.15, -0.1) is 0 Å². The third-order valence-electron chi connectivity index (χ3n) is 7.80. The normalized spacial score (nSPS) is 22.5. The van der Waals surface area contributed by atoms with Crippen LogP contribution in [0, 0.1) is 23.7 Å². The molecular weight excluding hydrogens is 482 g/mol. The molecule has 1 saturated carbocycles. The van der Waals surface area contributed by atoms with Gasteiger partial charge >= 0.3 is 0 Å². The van der Waals surface area contributed by atoms with Crippen LogP contribution in [0.5, 0.6) is 5.75 Å². The number of rotatable bonds is 15. The number of methoxy groups -OCH3 is 1. The summed E-state index contributed by atoms with van der Waals surface area (Å²) in [5.74, 6) is 1.09. The second-order valence-electron chi connectivity index (χ2n) is 11.8. The summed E-state index contributed by atoms with van der Waals surface area (Å²) in [6.45, 7) is 12.7. The van der Waals surface area contributed by atoms with Gasteiger partial charge in [0.15, 0.2) is 0 Å². The number of Topliss-reactive ketones (excluding diaryl/α,β-unsaturated/α-hetero) is 1. The molecule has 0 unspecified atom stereocenters. The SMILES string of the molecule is CCOC[C@H](CCCC(=O)[C@@H]1CNC[C@H](C(=O)N(c2cc(OC)c(C(C)C)cn2)C2CC2)[C@@H]1O)CC(C)C. The van der Waals surface area contributed by atoms with E-state index in [-0.39, 0.29) is 23.7 Å². The smallest absolute Gasteiger partial charge is 0.235 e. The van der Waals surface area contributed by atoms with Crippen LogP contribution in [0.3, 0.4) is 0 Å². The molecular formula is C30H49N3O5. The number of hydrogen-bond donors (Lipinski definition) is 2. The van der Waals surface area contributed by atoms with Crippen LogP contribution in [0.25, 0.3) is 0 Å². The van der Waals surface area contributed by atoms with Gasteiger partial charge < -0.3 is 19.9 Å². The molecule has 1 aromatic heterocycles. The number of hydrogen-bond acceptors (Lipinski definition) is 7. The monoisotopic (exact) mass is 531 g/mol. The highest BCUT2D eigenvalue weighted by Crippen LogP contribution is 2.37. The topological polar surface area (TPSA) is 101 Å². The summed E-state index contributed by atoms with van der Waals surface area (Å²) in [5.41, 5.74) is 0.987. The maximum Gasteiger partial charge on any atom is 0.235 e. The number of carbonyl (C=O) groups excluding carboxylic acids is 2. The second kappa shape index (κ2) is 14.4. The van der Waals surface area contributed by atoms with Gasteiger partial charge in [0.1, 0.15) is 17.4 Å². The van der Waals surface area contributed by atoms with Crippen LogP contribution in [0.1, 0.15) is 84.6 Å². The van der Waals surface area contributed by atoms with Gasteiger partial charge in [-0.3, -0.25) is 14.5 Å². The fourth-order valence-electron chi connectivity index (χ4n) is 5.60. The van der Waals surface area contributed by atoms with Crippen LogP contribution in [-0.4, -0.2) is 67.3 Å². The Kier molecular flexibility index (Phi) is 11.5. The second-order valence-corrected chi connectivity index (χ2v) is 11.8. The Morgan fingerprint density at radius 1 is 1.18 bits per heavy atom. The van der Waals surface area contributed by atoms with Crippen LogP contribution >= 0.6 is 0 Å². The molecule has 1 saturated heterocycles. The Balaban J connectivity index is 1.66. The lowest BCUT2D eigenvalue weighted by Crippen LogP contribution is -2.56. The number of ether oxygens (including phenoxy) is 2. The van der Waals surface area contributed by atoms with Gasteiger partial charge in [0.05, 0.1) is 25.0 Å². The van der Waals surface area contributed by atoms with Gasteiger partial charge in [0, 0.05) is 56.6 Å². The summed E-state index contributed by atoms with van der Waals surface area (Å²) >= 11 is 0. The first kappa shape index (κ1) is 30.5. The molecule has 2 heterocycles. The summed E-state index contributed by atoms with van der Waals surface area (Å²) in [6, 6.07) is 1.89. The number of nitrogens with one attached hydrogen (secondary N) is 1. The van der Waals surface area contributed by atoms with Gasteiger partial charge in [0.25, 0.3) is 0 Å². The van der Waals surface area contributed by atoms with Crippen molar-refractivity contribution in [2.45, 2.75) is 91.2 Å². The number of ketones is 1. The lowest BCUT2D eigenvalue weighted by molar-refractivity contribution is -0.135. The Labute approximate surface area is 228 Å². The average Bonchev–Trinajstić information content (AvgIpc) is 3.71. The van der Waals surface area contributed by atoms with E-state index in [0.29, 0.717) is 49.5 Å². The molecule has 4 atom stereocenters. The molecule has 0 radical (unpaired) electrons. The molecule has 38 heavy (non-hydrogen) atoms. The molecule has 1 amide bonds. The van der Waals surface area contributed by atoms with E-state index in [1.165, 1.54) is 0 Å². The molecule has 1 aliphatic carbocycles. The van der Waals surface area contributed by atoms with Crippen molar-refractivity contribution in [2.75, 3.05) is 38.3 Å². The minimum Gasteiger partial charge on any atom is -0.496 e. The van der Waals surface area contributed by atoms with E-state index in [1.54, 1.807) is 18.2 Å². The van der Waals surface area contributed by atoms with Crippen molar-refractivity contribution < 1.29 is 24.2 Å². The Bertz CT molecular complexity index is 917. The van der Waals surface area contributed by atoms with Crippen molar-refractivity contribution in [2.24, 2.45) is 23.7 Å². The molecule has 0 aromatic carbocycles. The van der Waals surface area contributed by atoms with Crippen LogP contribution < -0.4 is 15.0 Å². The molecule has 8 heteroatoms. The zero-order valence-corrected chi connectivity index (χ0v) is 24.2. The highest BCUT2D eigenvalue weighted by Gasteiger charge is 2.45. The highest BCUT2D eigenvalue weighted by atomic mass is 16.5. The van der Waals surface area contributed by atoms with Gasteiger partial charge in [-0.2, -0.15) is 0 Å². The summed E-state index contributed by atoms with van der Waals surface area (Å²) in [6.07, 6.45) is 5.76. The first-order chi connectivity index (χ1) is 18.2. The minimum absolute atomic E-state index is 0.0289. The summed E-state index contributed by atoms with van der Waals surface area (Å²) in [7, 11) is 1.63. The van der Waals surface area contributed by atoms with Crippen molar-refractivity contribution in [3.05, 3.63) is 17.8 Å². The highest BCUT2D eigenvalue weighted by molar-refractivity contribution is 5.96. The predicted octanol–water partition coefficient (Wildman–Crippen LogP) is 4.34. The van der Waals surface area contributed by atoms with Gasteiger partial charge in [-0.05, 0) is 56.8 Å². The lowest BCUT2D eigenvalue weighted by atomic mass is 9.81. The predicted molar refractivity (Wildman–Crippen MR) is 150 cm³/mol. The Morgan fingerprint density at radius 3 is 2.50 bits per heavy atom. The van der Waals surface area contributed by atoms with Crippen molar-refractivity contribution in [1.29, 1.82) is 0 Å². The number of aliphatic hydroxyl groups excluding tert-OH is 1. The first-order valence-electron chi connectivity index (χ1n) is 14.5. The number of aromatic nitrogens is 1. The van der Waals surface area contributed by atoms with E-state index in [1.807, 2.05) is 13.0 Å². The van der Waals surface area contributed by atoms with Gasteiger partial charge in [0.2, 0.25) is 5.91 Å². The fraction of sp³-hybridized carbons (Fsp3) is 0.767. The molecule has 214 valence electrons. The maximum absolute atomic E-state index is 13.8. The lowest BCUT2D eigenvalue weighted by Gasteiger charge is -2.36. The number of anilines is 1. The Hall–Kier alpha value is -2.03. The van der Waals surface area contributed by atoms with E-state index < -0.39 is 17.9 Å². The number of piperidine rings is 1. The largest absolute Gasteiger partial charge is 0.496 e. The zero-order chi connectivity index (χ0) is 27.8. The standard InChI is InChI=1S/C30H49N3O5/c1-7-38-18-21(13-19(2)3)9-8-10-26(34)24-15-31-16-25(29(24)35)30(36)33(22-11-12-22)28-14-27(37-6)23(17-32-28)20(4)5/h14,17,19-22,24-25,29,31,35H,7-13,15-16,18H2,1-6H3/t21-,24+,25+,29-/m1/s1. The summed E-state index contributed by atoms with van der Waals surface area (Å²) in [4.78, 5) is 33.3. The summed E-state index contributed by atoms with van der Waals surface area (Å²) in [5, 5.41) is 14.5. The molecule has 0 spiro atoms. The average molecular weight is 532 g/mol. The van der Waals surface area contributed by atoms with Crippen LogP contribution in [0.15, 0.2) is 12.3 Å². The van der Waals surface area contributed by atoms with E-state index in [0.717, 1.165) is 44.3 Å². The first-order valence-corrected chi connectivity index (χ1v) is 14.5. The van der Waals surface area contributed by atoms with Gasteiger partial charge in [-0.1, -0.05) is 27.7 Å². The van der Waals surface area contributed by atoms with Crippen LogP contribution in [0.4, 0.5) is 5.82 Å². The van der Waals surface area contributed by atoms with Gasteiger partial charge in [-0.25, -0.2) is 4.98 Å². The number of pyridine rings is 1. The maximum atomic E-state index is 13.8. The molecule has 2 fully saturated rings. The summed E-state index contributed by atoms with van der Waals surface area (Å²) < 4.78 is 11.3. The van der Waals surface area contributed by atoms with E-state index >= 15 is 0 Å². The van der Waals surface area contributed by atoms with Crippen molar-refractivity contribution in [3.63, 3.8) is 0 Å². The molecule has 2 aliphatic rings. The van der Waals surface area contributed by atoms with E-state index in [4.69, 9.17) is 9.47 Å². The Morgan fingerprint density at radius 2 is 1.89 bits per heavy atom. The van der Waals surface area contributed by atoms with Crippen LogP contribution in [-0.2, 0) is 14.3 Å². The van der Waals surface area contributed by atoms with E-state index in [2.05, 4.69) is 38.0 Å².